The van der Waals surface area contributed by atoms with Crippen molar-refractivity contribution in [3.63, 3.8) is 0 Å². The third kappa shape index (κ3) is 2.41. The van der Waals surface area contributed by atoms with Crippen molar-refractivity contribution in [2.75, 3.05) is 26.2 Å². The van der Waals surface area contributed by atoms with Gasteiger partial charge in [0.2, 0.25) is 11.8 Å². The van der Waals surface area contributed by atoms with E-state index in [2.05, 4.69) is 4.99 Å². The lowest BCUT2D eigenvalue weighted by Gasteiger charge is -2.40. The summed E-state index contributed by atoms with van der Waals surface area (Å²) in [5.41, 5.74) is 0. The number of aliphatic imine (C=N–C) groups is 1. The first-order valence-electron chi connectivity index (χ1n) is 7.10. The molecule has 2 aliphatic rings. The van der Waals surface area contributed by atoms with Gasteiger partial charge in [-0.3, -0.25) is 4.99 Å². The molecule has 24 heavy (non-hydrogen) atoms. The van der Waals surface area contributed by atoms with Gasteiger partial charge in [-0.2, -0.15) is 0 Å². The lowest BCUT2D eigenvalue weighted by atomic mass is 10.2. The second-order valence-corrected chi connectivity index (χ2v) is 7.15. The van der Waals surface area contributed by atoms with Gasteiger partial charge >= 0.3 is 0 Å². The van der Waals surface area contributed by atoms with Crippen LogP contribution in [-0.4, -0.2) is 49.8 Å². The lowest BCUT2D eigenvalue weighted by molar-refractivity contribution is 0.296. The Morgan fingerprint density at radius 1 is 0.792 bits per heavy atom. The van der Waals surface area contributed by atoms with E-state index in [0.29, 0.717) is 36.8 Å². The number of nitrogens with zero attached hydrogens (tertiary/aromatic N) is 3. The van der Waals surface area contributed by atoms with E-state index in [-0.39, 0.29) is 12.5 Å². The maximum Gasteiger partial charge on any atom is 0.272 e. The van der Waals surface area contributed by atoms with Gasteiger partial charge in [-0.15, -0.1) is 0 Å². The fraction of sp³-hybridized carbons (Fsp3) is 0.462. The predicted octanol–water partition coefficient (Wildman–Crippen LogP) is 1.84. The maximum atomic E-state index is 13.9. The number of halogens is 5. The third-order valence-electron chi connectivity index (χ3n) is 3.85. The molecule has 0 N–H and O–H groups in total. The topological polar surface area (TPSA) is 53.0 Å². The van der Waals surface area contributed by atoms with Crippen LogP contribution >= 0.6 is 0 Å². The fourth-order valence-electron chi connectivity index (χ4n) is 2.74. The molecule has 1 fully saturated rings. The quantitative estimate of drug-likeness (QED) is 0.454. The second-order valence-electron chi connectivity index (χ2n) is 5.35. The average Bonchev–Trinajstić information content (AvgIpc) is 2.57. The summed E-state index contributed by atoms with van der Waals surface area (Å²) in [5, 5.41) is 0. The molecule has 0 bridgehead atoms. The molecule has 5 nitrogen and oxygen atoms in total. The Morgan fingerprint density at radius 3 is 1.96 bits per heavy atom. The van der Waals surface area contributed by atoms with Crippen molar-refractivity contribution in [3.05, 3.63) is 29.1 Å². The monoisotopic (exact) mass is 369 g/mol. The molecule has 1 aromatic rings. The van der Waals surface area contributed by atoms with E-state index in [0.717, 1.165) is 0 Å². The van der Waals surface area contributed by atoms with Crippen LogP contribution in [0.25, 0.3) is 0 Å². The molecule has 2 aliphatic heterocycles. The summed E-state index contributed by atoms with van der Waals surface area (Å²) in [5.74, 6) is -11.8. The van der Waals surface area contributed by atoms with Crippen LogP contribution in [0.5, 0.6) is 0 Å². The van der Waals surface area contributed by atoms with Gasteiger partial charge in [-0.25, -0.2) is 34.7 Å². The van der Waals surface area contributed by atoms with Gasteiger partial charge in [-0.05, 0) is 12.8 Å². The van der Waals surface area contributed by atoms with E-state index in [1.54, 1.807) is 4.90 Å². The summed E-state index contributed by atoms with van der Waals surface area (Å²) in [7, 11) is -4.99. The first kappa shape index (κ1) is 16.9. The highest BCUT2D eigenvalue weighted by Gasteiger charge is 2.41. The molecule has 11 heteroatoms. The molecule has 0 saturated carbocycles. The van der Waals surface area contributed by atoms with Crippen molar-refractivity contribution in [1.29, 1.82) is 0 Å². The van der Waals surface area contributed by atoms with Crippen molar-refractivity contribution >= 4 is 16.0 Å². The van der Waals surface area contributed by atoms with Crippen LogP contribution in [0.2, 0.25) is 0 Å². The van der Waals surface area contributed by atoms with E-state index < -0.39 is 44.0 Å². The Morgan fingerprint density at radius 2 is 1.33 bits per heavy atom. The predicted molar refractivity (Wildman–Crippen MR) is 73.2 cm³/mol. The number of rotatable bonds is 2. The van der Waals surface area contributed by atoms with Crippen molar-refractivity contribution in [1.82, 2.24) is 9.21 Å². The van der Waals surface area contributed by atoms with E-state index in [4.69, 9.17) is 0 Å². The zero-order valence-electron chi connectivity index (χ0n) is 12.2. The first-order valence-corrected chi connectivity index (χ1v) is 8.54. The summed E-state index contributed by atoms with van der Waals surface area (Å²) in [6, 6.07) is 0. The third-order valence-corrected chi connectivity index (χ3v) is 5.65. The van der Waals surface area contributed by atoms with Crippen LogP contribution in [0.15, 0.2) is 9.89 Å². The molecule has 0 aliphatic carbocycles. The normalized spacial score (nSPS) is 18.5. The molecule has 1 saturated heterocycles. The average molecular weight is 369 g/mol. The van der Waals surface area contributed by atoms with E-state index >= 15 is 0 Å². The summed E-state index contributed by atoms with van der Waals surface area (Å²) in [6.45, 7) is 1.16. The Hall–Kier alpha value is -1.91. The highest BCUT2D eigenvalue weighted by Crippen LogP contribution is 2.30. The van der Waals surface area contributed by atoms with Gasteiger partial charge < -0.3 is 4.90 Å². The highest BCUT2D eigenvalue weighted by atomic mass is 32.2. The van der Waals surface area contributed by atoms with Crippen LogP contribution in [0.4, 0.5) is 22.0 Å². The minimum Gasteiger partial charge on any atom is -0.342 e. The van der Waals surface area contributed by atoms with Gasteiger partial charge in [-0.1, -0.05) is 0 Å². The Kier molecular flexibility index (Phi) is 4.14. The highest BCUT2D eigenvalue weighted by molar-refractivity contribution is 7.89. The van der Waals surface area contributed by atoms with Gasteiger partial charge in [0, 0.05) is 26.2 Å². The van der Waals surface area contributed by atoms with Crippen LogP contribution in [0.1, 0.15) is 12.8 Å². The first-order chi connectivity index (χ1) is 11.3. The molecule has 0 radical (unpaired) electrons. The summed E-state index contributed by atoms with van der Waals surface area (Å²) in [4.78, 5) is 3.78. The number of benzene rings is 1. The van der Waals surface area contributed by atoms with E-state index in [1.807, 2.05) is 0 Å². The summed E-state index contributed by atoms with van der Waals surface area (Å²) < 4.78 is 93.4. The Bertz CT molecular complexity index is 798. The maximum absolute atomic E-state index is 13.9. The largest absolute Gasteiger partial charge is 0.342 e. The van der Waals surface area contributed by atoms with Crippen LogP contribution in [-0.2, 0) is 10.0 Å². The Labute approximate surface area is 134 Å². The summed E-state index contributed by atoms with van der Waals surface area (Å²) in [6.07, 6.45) is 1.02. The molecular formula is C13H12F5N3O2S. The molecule has 0 atom stereocenters. The number of sulfonamides is 1. The van der Waals surface area contributed by atoms with Gasteiger partial charge in [0.1, 0.15) is 0 Å². The molecular weight excluding hydrogens is 357 g/mol. The standard InChI is InChI=1S/C13H12F5N3O2S/c14-7-8(15)10(17)12(11(18)9(7)16)24(22,23)21-6-2-5-20-4-1-3-19-13(20)21/h1-6H2. The molecule has 2 heterocycles. The van der Waals surface area contributed by atoms with Crippen molar-refractivity contribution in [3.8, 4) is 0 Å². The van der Waals surface area contributed by atoms with Gasteiger partial charge in [0.15, 0.2) is 28.2 Å². The van der Waals surface area contributed by atoms with E-state index in [9.17, 15) is 30.4 Å². The Balaban J connectivity index is 2.17. The van der Waals surface area contributed by atoms with Crippen molar-refractivity contribution < 1.29 is 30.4 Å². The second kappa shape index (κ2) is 5.87. The van der Waals surface area contributed by atoms with Crippen LogP contribution < -0.4 is 0 Å². The van der Waals surface area contributed by atoms with Crippen LogP contribution in [0, 0.1) is 29.1 Å². The molecule has 132 valence electrons. The zero-order valence-corrected chi connectivity index (χ0v) is 13.0. The SMILES string of the molecule is O=S(=O)(c1c(F)c(F)c(F)c(F)c1F)N1CCCN2CCCN=C21. The van der Waals surface area contributed by atoms with Gasteiger partial charge in [0.25, 0.3) is 10.0 Å². The van der Waals surface area contributed by atoms with Crippen molar-refractivity contribution in [2.24, 2.45) is 4.99 Å². The zero-order chi connectivity index (χ0) is 17.6. The molecule has 0 aromatic heterocycles. The van der Waals surface area contributed by atoms with Crippen LogP contribution in [0.3, 0.4) is 0 Å². The summed E-state index contributed by atoms with van der Waals surface area (Å²) >= 11 is 0. The minimum absolute atomic E-state index is 0.0311. The fourth-order valence-corrected chi connectivity index (χ4v) is 4.35. The number of guanidine groups is 1. The van der Waals surface area contributed by atoms with Gasteiger partial charge in [0.05, 0.1) is 0 Å². The molecule has 0 amide bonds. The van der Waals surface area contributed by atoms with E-state index in [1.165, 1.54) is 0 Å². The molecule has 1 aromatic carbocycles. The number of hydrogen-bond donors (Lipinski definition) is 0. The minimum atomic E-state index is -4.99. The lowest BCUT2D eigenvalue weighted by Crippen LogP contribution is -2.54. The number of hydrogen-bond acceptors (Lipinski definition) is 4. The molecule has 3 rings (SSSR count). The smallest absolute Gasteiger partial charge is 0.272 e. The van der Waals surface area contributed by atoms with Crippen molar-refractivity contribution in [2.45, 2.75) is 17.7 Å². The molecule has 0 spiro atoms. The molecule has 0 unspecified atom stereocenters. The number of fused-ring (bicyclic) bond motifs is 1.